The lowest BCUT2D eigenvalue weighted by atomic mass is 9.86. The van der Waals surface area contributed by atoms with Gasteiger partial charge in [-0.25, -0.2) is 17.5 Å². The molecule has 0 spiro atoms. The van der Waals surface area contributed by atoms with Crippen LogP contribution in [-0.2, 0) is 27.7 Å². The highest BCUT2D eigenvalue weighted by Gasteiger charge is 2.27. The minimum atomic E-state index is -4.08. The van der Waals surface area contributed by atoms with E-state index >= 15 is 0 Å². The molecule has 6 nitrogen and oxygen atoms in total. The van der Waals surface area contributed by atoms with Crippen molar-refractivity contribution in [1.82, 2.24) is 15.4 Å². The largest absolute Gasteiger partial charge is 0.349 e. The zero-order valence-corrected chi connectivity index (χ0v) is 26.3. The summed E-state index contributed by atoms with van der Waals surface area (Å²) in [6, 6.07) is 14.8. The maximum atomic E-state index is 13.7. The molecule has 0 heterocycles. The molecule has 1 aliphatic carbocycles. The standard InChI is InChI=1S/C32H38Cl2FN3O3S/c1-21(2)20-36-16-4-5-22-8-14-27-24(17-22)6-3-7-30(27)37-32(39)19-31(23-9-11-25(35)12-10-23)38-42(40,41)26-13-15-28(33)29(34)18-26/h8-15,17-18,21,30-31,36,38H,3-7,16,19-20H2,1-2H3,(H,37,39)/t30-,31-/m1/s1. The molecule has 0 aliphatic heterocycles. The lowest BCUT2D eigenvalue weighted by Crippen LogP contribution is -2.36. The van der Waals surface area contributed by atoms with Crippen LogP contribution < -0.4 is 15.4 Å². The third-order valence-electron chi connectivity index (χ3n) is 7.39. The number of halogens is 3. The molecule has 226 valence electrons. The average molecular weight is 635 g/mol. The SMILES string of the molecule is CC(C)CNCCCc1ccc2c(c1)CCC[C@H]2NC(=O)C[C@@H](NS(=O)(=O)c1ccc(Cl)c(Cl)c1)c1ccc(F)cc1. The lowest BCUT2D eigenvalue weighted by Gasteiger charge is -2.28. The van der Waals surface area contributed by atoms with E-state index in [1.54, 1.807) is 0 Å². The van der Waals surface area contributed by atoms with E-state index in [1.807, 2.05) is 0 Å². The lowest BCUT2D eigenvalue weighted by molar-refractivity contribution is -0.122. The molecular weight excluding hydrogens is 596 g/mol. The number of sulfonamides is 1. The first kappa shape index (κ1) is 32.4. The molecule has 10 heteroatoms. The molecular formula is C32H38Cl2FN3O3S. The van der Waals surface area contributed by atoms with E-state index in [4.69, 9.17) is 23.2 Å². The average Bonchev–Trinajstić information content (AvgIpc) is 2.94. The molecule has 1 amide bonds. The Morgan fingerprint density at radius 1 is 1.02 bits per heavy atom. The van der Waals surface area contributed by atoms with Crippen LogP contribution >= 0.6 is 23.2 Å². The molecule has 0 bridgehead atoms. The second-order valence-electron chi connectivity index (χ2n) is 11.3. The predicted octanol–water partition coefficient (Wildman–Crippen LogP) is 6.91. The van der Waals surface area contributed by atoms with Crippen LogP contribution in [0.15, 0.2) is 65.6 Å². The van der Waals surface area contributed by atoms with Gasteiger partial charge in [-0.05, 0) is 104 Å². The van der Waals surface area contributed by atoms with Crippen molar-refractivity contribution in [2.45, 2.75) is 69.4 Å². The summed E-state index contributed by atoms with van der Waals surface area (Å²) in [5.74, 6) is -0.131. The Morgan fingerprint density at radius 3 is 2.50 bits per heavy atom. The van der Waals surface area contributed by atoms with Crippen LogP contribution in [0, 0.1) is 11.7 Å². The van der Waals surface area contributed by atoms with E-state index in [-0.39, 0.29) is 33.3 Å². The number of fused-ring (bicyclic) bond motifs is 1. The Morgan fingerprint density at radius 2 is 1.79 bits per heavy atom. The number of carbonyl (C=O) groups is 1. The Balaban J connectivity index is 1.45. The van der Waals surface area contributed by atoms with E-state index in [0.29, 0.717) is 11.5 Å². The fraction of sp³-hybridized carbons (Fsp3) is 0.406. The molecule has 3 aromatic rings. The van der Waals surface area contributed by atoms with Gasteiger partial charge in [-0.3, -0.25) is 4.79 Å². The van der Waals surface area contributed by atoms with Crippen molar-refractivity contribution in [2.75, 3.05) is 13.1 Å². The van der Waals surface area contributed by atoms with Gasteiger partial charge < -0.3 is 10.6 Å². The molecule has 1 aliphatic rings. The molecule has 3 N–H and O–H groups in total. The van der Waals surface area contributed by atoms with Crippen LogP contribution in [0.3, 0.4) is 0 Å². The third-order valence-corrected chi connectivity index (χ3v) is 9.60. The highest BCUT2D eigenvalue weighted by atomic mass is 35.5. The molecule has 0 fully saturated rings. The van der Waals surface area contributed by atoms with Gasteiger partial charge in [0.25, 0.3) is 0 Å². The summed E-state index contributed by atoms with van der Waals surface area (Å²) in [5, 5.41) is 6.93. The third kappa shape index (κ3) is 9.01. The normalized spacial score (nSPS) is 15.8. The zero-order valence-electron chi connectivity index (χ0n) is 23.9. The molecule has 2 atom stereocenters. The van der Waals surface area contributed by atoms with Crippen molar-refractivity contribution >= 4 is 39.1 Å². The molecule has 0 saturated carbocycles. The maximum absolute atomic E-state index is 13.7. The van der Waals surface area contributed by atoms with Gasteiger partial charge in [0, 0.05) is 6.42 Å². The Hall–Kier alpha value is -2.49. The number of rotatable bonds is 13. The summed E-state index contributed by atoms with van der Waals surface area (Å²) in [7, 11) is -4.08. The quantitative estimate of drug-likeness (QED) is 0.178. The fourth-order valence-electron chi connectivity index (χ4n) is 5.24. The van der Waals surface area contributed by atoms with Gasteiger partial charge in [0.15, 0.2) is 0 Å². The van der Waals surface area contributed by atoms with Gasteiger partial charge in [-0.15, -0.1) is 0 Å². The second-order valence-corrected chi connectivity index (χ2v) is 13.8. The first-order valence-corrected chi connectivity index (χ1v) is 16.6. The van der Waals surface area contributed by atoms with Crippen LogP contribution in [0.2, 0.25) is 10.0 Å². The van der Waals surface area contributed by atoms with Crippen LogP contribution in [0.4, 0.5) is 4.39 Å². The van der Waals surface area contributed by atoms with Crippen molar-refractivity contribution in [2.24, 2.45) is 5.92 Å². The van der Waals surface area contributed by atoms with E-state index in [1.165, 1.54) is 53.6 Å². The topological polar surface area (TPSA) is 87.3 Å². The minimum absolute atomic E-state index is 0.0860. The fourth-order valence-corrected chi connectivity index (χ4v) is 6.86. The number of benzene rings is 3. The molecule has 4 rings (SSSR count). The molecule has 0 unspecified atom stereocenters. The smallest absolute Gasteiger partial charge is 0.241 e. The van der Waals surface area contributed by atoms with Crippen LogP contribution in [-0.4, -0.2) is 27.4 Å². The van der Waals surface area contributed by atoms with Crippen molar-refractivity contribution in [1.29, 1.82) is 0 Å². The summed E-state index contributed by atoms with van der Waals surface area (Å²) in [5.41, 5.74) is 4.10. The van der Waals surface area contributed by atoms with Gasteiger partial charge in [0.2, 0.25) is 15.9 Å². The Bertz CT molecular complexity index is 1480. The molecule has 0 aromatic heterocycles. The number of amides is 1. The molecule has 42 heavy (non-hydrogen) atoms. The second kappa shape index (κ2) is 14.8. The van der Waals surface area contributed by atoms with Crippen LogP contribution in [0.25, 0.3) is 0 Å². The van der Waals surface area contributed by atoms with Gasteiger partial charge in [0.1, 0.15) is 5.82 Å². The number of aryl methyl sites for hydroxylation is 2. The van der Waals surface area contributed by atoms with E-state index in [9.17, 15) is 17.6 Å². The summed E-state index contributed by atoms with van der Waals surface area (Å²) in [6.45, 7) is 6.40. The maximum Gasteiger partial charge on any atom is 0.241 e. The van der Waals surface area contributed by atoms with E-state index in [2.05, 4.69) is 47.4 Å². The van der Waals surface area contributed by atoms with Crippen molar-refractivity contribution in [3.63, 3.8) is 0 Å². The van der Waals surface area contributed by atoms with Gasteiger partial charge in [-0.2, -0.15) is 0 Å². The summed E-state index contributed by atoms with van der Waals surface area (Å²) in [6.07, 6.45) is 4.60. The van der Waals surface area contributed by atoms with Gasteiger partial charge in [0.05, 0.1) is 27.0 Å². The highest BCUT2D eigenvalue weighted by Crippen LogP contribution is 2.32. The van der Waals surface area contributed by atoms with E-state index in [0.717, 1.165) is 50.8 Å². The summed E-state index contributed by atoms with van der Waals surface area (Å²) < 4.78 is 42.7. The first-order valence-electron chi connectivity index (χ1n) is 14.4. The van der Waals surface area contributed by atoms with Crippen molar-refractivity contribution < 1.29 is 17.6 Å². The van der Waals surface area contributed by atoms with Gasteiger partial charge in [-0.1, -0.05) is 67.4 Å². The van der Waals surface area contributed by atoms with Gasteiger partial charge >= 0.3 is 0 Å². The van der Waals surface area contributed by atoms with Crippen LogP contribution in [0.5, 0.6) is 0 Å². The van der Waals surface area contributed by atoms with Crippen LogP contribution in [0.1, 0.15) is 73.9 Å². The Kier molecular flexibility index (Phi) is 11.4. The molecule has 3 aromatic carbocycles. The number of carbonyl (C=O) groups excluding carboxylic acids is 1. The zero-order chi connectivity index (χ0) is 30.3. The van der Waals surface area contributed by atoms with E-state index < -0.39 is 21.9 Å². The van der Waals surface area contributed by atoms with Crippen molar-refractivity contribution in [3.8, 4) is 0 Å². The monoisotopic (exact) mass is 633 g/mol. The highest BCUT2D eigenvalue weighted by molar-refractivity contribution is 7.89. The number of hydrogen-bond acceptors (Lipinski definition) is 4. The molecule has 0 saturated heterocycles. The summed E-state index contributed by atoms with van der Waals surface area (Å²) in [4.78, 5) is 13.3. The number of nitrogens with one attached hydrogen (secondary N) is 3. The number of hydrogen-bond donors (Lipinski definition) is 3. The summed E-state index contributed by atoms with van der Waals surface area (Å²) >= 11 is 12.0. The molecule has 0 radical (unpaired) electrons. The van der Waals surface area contributed by atoms with Crippen molar-refractivity contribution in [3.05, 3.63) is 98.8 Å². The minimum Gasteiger partial charge on any atom is -0.349 e. The Labute approximate surface area is 258 Å². The predicted molar refractivity (Wildman–Crippen MR) is 167 cm³/mol. The first-order chi connectivity index (χ1) is 20.0.